The summed E-state index contributed by atoms with van der Waals surface area (Å²) in [5.41, 5.74) is 0. The van der Waals surface area contributed by atoms with Crippen molar-refractivity contribution in [3.05, 3.63) is 0 Å². The first-order valence-corrected chi connectivity index (χ1v) is 4.67. The van der Waals surface area contributed by atoms with Gasteiger partial charge in [0.05, 0.1) is 11.7 Å². The predicted octanol–water partition coefficient (Wildman–Crippen LogP) is 0.329. The lowest BCUT2D eigenvalue weighted by atomic mass is 10.4. The summed E-state index contributed by atoms with van der Waals surface area (Å²) in [6.45, 7) is 1.76. The lowest BCUT2D eigenvalue weighted by Gasteiger charge is -2.07. The second kappa shape index (κ2) is 5.88. The fourth-order valence-corrected chi connectivity index (χ4v) is 1.52. The fourth-order valence-electron chi connectivity index (χ4n) is 0.602. The molecule has 0 rings (SSSR count). The minimum absolute atomic E-state index is 0.0645. The molecule has 0 fully saturated rings. The Balaban J connectivity index is 3.50. The Morgan fingerprint density at radius 1 is 1.58 bits per heavy atom. The van der Waals surface area contributed by atoms with Crippen LogP contribution in [0.5, 0.6) is 0 Å². The summed E-state index contributed by atoms with van der Waals surface area (Å²) in [6.07, 6.45) is 0.103. The Morgan fingerprint density at radius 2 is 2.17 bits per heavy atom. The molecule has 0 aliphatic rings. The zero-order chi connectivity index (χ0) is 9.56. The van der Waals surface area contributed by atoms with Gasteiger partial charge in [0, 0.05) is 12.8 Å². The second-order valence-corrected chi connectivity index (χ2v) is 3.72. The molecular formula is C7H13NO3S. The highest BCUT2D eigenvalue weighted by atomic mass is 32.2. The van der Waals surface area contributed by atoms with Gasteiger partial charge in [-0.3, -0.25) is 9.59 Å². The number of aliphatic carboxylic acids is 1. The number of carboxylic acids is 1. The van der Waals surface area contributed by atoms with Crippen molar-refractivity contribution in [2.75, 3.05) is 12.8 Å². The summed E-state index contributed by atoms with van der Waals surface area (Å²) in [7, 11) is 1.57. The van der Waals surface area contributed by atoms with Crippen LogP contribution in [-0.4, -0.2) is 35.0 Å². The monoisotopic (exact) mass is 191 g/mol. The Bertz CT molecular complexity index is 172. The van der Waals surface area contributed by atoms with E-state index in [0.717, 1.165) is 0 Å². The average molecular weight is 191 g/mol. The molecule has 0 aromatic rings. The van der Waals surface area contributed by atoms with Crippen LogP contribution >= 0.6 is 11.8 Å². The van der Waals surface area contributed by atoms with Crippen molar-refractivity contribution < 1.29 is 14.7 Å². The first-order valence-electron chi connectivity index (χ1n) is 3.63. The van der Waals surface area contributed by atoms with Gasteiger partial charge in [0.2, 0.25) is 5.91 Å². The maximum absolute atomic E-state index is 10.9. The minimum Gasteiger partial charge on any atom is -0.481 e. The number of thioether (sulfide) groups is 1. The number of nitrogens with one attached hydrogen (secondary N) is 1. The second-order valence-electron chi connectivity index (χ2n) is 2.27. The Morgan fingerprint density at radius 3 is 2.58 bits per heavy atom. The van der Waals surface area contributed by atoms with E-state index in [1.54, 1.807) is 14.0 Å². The van der Waals surface area contributed by atoms with Crippen LogP contribution in [0.3, 0.4) is 0 Å². The van der Waals surface area contributed by atoms with Crippen LogP contribution in [-0.2, 0) is 9.59 Å². The van der Waals surface area contributed by atoms with Crippen LogP contribution < -0.4 is 5.32 Å². The fraction of sp³-hybridized carbons (Fsp3) is 0.714. The van der Waals surface area contributed by atoms with Gasteiger partial charge in [-0.1, -0.05) is 0 Å². The molecule has 4 nitrogen and oxygen atoms in total. The number of hydrogen-bond acceptors (Lipinski definition) is 3. The van der Waals surface area contributed by atoms with Gasteiger partial charge in [-0.05, 0) is 6.92 Å². The van der Waals surface area contributed by atoms with Gasteiger partial charge < -0.3 is 10.4 Å². The van der Waals surface area contributed by atoms with E-state index < -0.39 is 5.97 Å². The van der Waals surface area contributed by atoms with E-state index in [2.05, 4.69) is 5.32 Å². The molecule has 0 aromatic carbocycles. The van der Waals surface area contributed by atoms with E-state index in [0.29, 0.717) is 5.75 Å². The highest BCUT2D eigenvalue weighted by Gasteiger charge is 2.11. The van der Waals surface area contributed by atoms with Crippen LogP contribution in [0.15, 0.2) is 0 Å². The van der Waals surface area contributed by atoms with Crippen molar-refractivity contribution in [2.45, 2.75) is 18.6 Å². The summed E-state index contributed by atoms with van der Waals surface area (Å²) in [4.78, 5) is 21.0. The lowest BCUT2D eigenvalue weighted by molar-refractivity contribution is -0.136. The first kappa shape index (κ1) is 11.3. The Hall–Kier alpha value is -0.710. The van der Waals surface area contributed by atoms with Gasteiger partial charge in [-0.15, -0.1) is 11.8 Å². The number of carbonyl (C=O) groups excluding carboxylic acids is 1. The van der Waals surface area contributed by atoms with Gasteiger partial charge in [-0.25, -0.2) is 0 Å². The molecule has 0 spiro atoms. The first-order chi connectivity index (χ1) is 5.57. The van der Waals surface area contributed by atoms with Gasteiger partial charge in [0.25, 0.3) is 0 Å². The number of carboxylic acid groups (broad SMARTS) is 1. The summed E-state index contributed by atoms with van der Waals surface area (Å²) < 4.78 is 0. The summed E-state index contributed by atoms with van der Waals surface area (Å²) in [6, 6.07) is 0. The van der Waals surface area contributed by atoms with E-state index >= 15 is 0 Å². The quantitative estimate of drug-likeness (QED) is 0.657. The molecule has 0 saturated heterocycles. The van der Waals surface area contributed by atoms with Gasteiger partial charge in [0.1, 0.15) is 0 Å². The van der Waals surface area contributed by atoms with Gasteiger partial charge >= 0.3 is 5.97 Å². The van der Waals surface area contributed by atoms with Crippen LogP contribution in [0, 0.1) is 0 Å². The third kappa shape index (κ3) is 5.01. The molecular weight excluding hydrogens is 178 g/mol. The third-order valence-corrected chi connectivity index (χ3v) is 2.45. The summed E-state index contributed by atoms with van der Waals surface area (Å²) in [5.74, 6) is -0.416. The Labute approximate surface area is 75.7 Å². The smallest absolute Gasteiger partial charge is 0.304 e. The molecule has 0 radical (unpaired) electrons. The zero-order valence-corrected chi connectivity index (χ0v) is 7.98. The van der Waals surface area contributed by atoms with Gasteiger partial charge in [0.15, 0.2) is 0 Å². The molecule has 0 aliphatic carbocycles. The van der Waals surface area contributed by atoms with E-state index in [-0.39, 0.29) is 17.6 Å². The van der Waals surface area contributed by atoms with Crippen LogP contribution in [0.25, 0.3) is 0 Å². The van der Waals surface area contributed by atoms with E-state index in [1.165, 1.54) is 11.8 Å². The van der Waals surface area contributed by atoms with Crippen LogP contribution in [0.1, 0.15) is 13.3 Å². The molecule has 0 heterocycles. The molecule has 0 saturated carbocycles. The average Bonchev–Trinajstić information content (AvgIpc) is 2.02. The van der Waals surface area contributed by atoms with Crippen LogP contribution in [0.2, 0.25) is 0 Å². The molecule has 2 N–H and O–H groups in total. The number of hydrogen-bond donors (Lipinski definition) is 2. The van der Waals surface area contributed by atoms with Crippen molar-refractivity contribution in [1.29, 1.82) is 0 Å². The maximum atomic E-state index is 10.9. The molecule has 0 aliphatic heterocycles. The maximum Gasteiger partial charge on any atom is 0.304 e. The van der Waals surface area contributed by atoms with Crippen molar-refractivity contribution in [2.24, 2.45) is 0 Å². The van der Waals surface area contributed by atoms with Gasteiger partial charge in [-0.2, -0.15) is 0 Å². The van der Waals surface area contributed by atoms with E-state index in [1.807, 2.05) is 0 Å². The summed E-state index contributed by atoms with van der Waals surface area (Å²) in [5, 5.41) is 10.6. The molecule has 0 aromatic heterocycles. The van der Waals surface area contributed by atoms with E-state index in [4.69, 9.17) is 5.11 Å². The highest BCUT2D eigenvalue weighted by molar-refractivity contribution is 8.00. The van der Waals surface area contributed by atoms with E-state index in [9.17, 15) is 9.59 Å². The predicted molar refractivity (Wildman–Crippen MR) is 48.2 cm³/mol. The van der Waals surface area contributed by atoms with Crippen molar-refractivity contribution in [3.63, 3.8) is 0 Å². The van der Waals surface area contributed by atoms with Crippen molar-refractivity contribution in [3.8, 4) is 0 Å². The topological polar surface area (TPSA) is 66.4 Å². The molecule has 1 atom stereocenters. The van der Waals surface area contributed by atoms with Crippen molar-refractivity contribution >= 4 is 23.6 Å². The molecule has 1 unspecified atom stereocenters. The minimum atomic E-state index is -0.827. The number of carbonyl (C=O) groups is 2. The number of amides is 1. The normalized spacial score (nSPS) is 12.2. The molecule has 70 valence electrons. The van der Waals surface area contributed by atoms with Crippen molar-refractivity contribution in [1.82, 2.24) is 5.32 Å². The zero-order valence-electron chi connectivity index (χ0n) is 7.16. The third-order valence-electron chi connectivity index (χ3n) is 1.30. The SMILES string of the molecule is CNC(=O)C(C)SCCC(=O)O. The Kier molecular flexibility index (Phi) is 5.53. The molecule has 0 bridgehead atoms. The molecule has 1 amide bonds. The highest BCUT2D eigenvalue weighted by Crippen LogP contribution is 2.11. The lowest BCUT2D eigenvalue weighted by Crippen LogP contribution is -2.27. The largest absolute Gasteiger partial charge is 0.481 e. The number of rotatable bonds is 5. The summed E-state index contributed by atoms with van der Waals surface area (Å²) >= 11 is 1.34. The standard InChI is InChI=1S/C7H13NO3S/c1-5(7(11)8-2)12-4-3-6(9)10/h5H,3-4H2,1-2H3,(H,8,11)(H,9,10). The molecule has 12 heavy (non-hydrogen) atoms. The van der Waals surface area contributed by atoms with Crippen LogP contribution in [0.4, 0.5) is 0 Å². The molecule has 5 heteroatoms.